The Balaban J connectivity index is 2.03. The third-order valence-electron chi connectivity index (χ3n) is 3.61. The molecule has 0 bridgehead atoms. The smallest absolute Gasteiger partial charge is 0.161 e. The van der Waals surface area contributed by atoms with Gasteiger partial charge < -0.3 is 15.2 Å². The molecule has 0 spiro atoms. The lowest BCUT2D eigenvalue weighted by Gasteiger charge is -2.11. The zero-order chi connectivity index (χ0) is 14.8. The predicted octanol–water partition coefficient (Wildman–Crippen LogP) is 2.76. The molecule has 2 aromatic rings. The normalized spacial score (nSPS) is 13.8. The average molecular weight is 285 g/mol. The van der Waals surface area contributed by atoms with Crippen LogP contribution >= 0.6 is 0 Å². The number of aromatic nitrogens is 2. The lowest BCUT2D eigenvalue weighted by molar-refractivity contribution is 0.297. The van der Waals surface area contributed by atoms with Crippen LogP contribution in [0.25, 0.3) is 11.4 Å². The van der Waals surface area contributed by atoms with Gasteiger partial charge in [-0.05, 0) is 31.5 Å². The van der Waals surface area contributed by atoms with Gasteiger partial charge in [0.15, 0.2) is 17.3 Å². The molecule has 1 aliphatic heterocycles. The van der Waals surface area contributed by atoms with Gasteiger partial charge in [-0.15, -0.1) is 0 Å². The number of nitrogens with two attached hydrogens (primary N) is 1. The molecule has 0 atom stereocenters. The van der Waals surface area contributed by atoms with Crippen molar-refractivity contribution in [2.45, 2.75) is 26.7 Å². The Bertz CT molecular complexity index is 648. The van der Waals surface area contributed by atoms with Gasteiger partial charge in [-0.25, -0.2) is 9.97 Å². The highest BCUT2D eigenvalue weighted by molar-refractivity contribution is 5.63. The first-order valence-electron chi connectivity index (χ1n) is 7.22. The molecule has 5 nitrogen and oxygen atoms in total. The maximum Gasteiger partial charge on any atom is 0.161 e. The van der Waals surface area contributed by atoms with Crippen molar-refractivity contribution in [1.29, 1.82) is 0 Å². The molecule has 0 saturated carbocycles. The van der Waals surface area contributed by atoms with Gasteiger partial charge in [0.25, 0.3) is 0 Å². The molecule has 0 fully saturated rings. The molecule has 0 unspecified atom stereocenters. The van der Waals surface area contributed by atoms with Crippen molar-refractivity contribution < 1.29 is 9.47 Å². The van der Waals surface area contributed by atoms with E-state index in [0.29, 0.717) is 24.9 Å². The number of hydrogen-bond donors (Lipinski definition) is 1. The molecular formula is C16H19N3O2. The average Bonchev–Trinajstić information content (AvgIpc) is 2.71. The van der Waals surface area contributed by atoms with E-state index in [2.05, 4.69) is 16.9 Å². The Kier molecular flexibility index (Phi) is 3.64. The Labute approximate surface area is 124 Å². The highest BCUT2D eigenvalue weighted by Gasteiger charge is 2.14. The minimum absolute atomic E-state index is 0.548. The SMILES string of the molecule is CCc1c(C)nc(-c2ccc3c(c2)OCCCO3)nc1N. The standard InChI is InChI=1S/C16H19N3O2/c1-3-12-10(2)18-16(19-15(12)17)11-5-6-13-14(9-11)21-8-4-7-20-13/h5-6,9H,3-4,7-8H2,1-2H3,(H2,17,18,19). The van der Waals surface area contributed by atoms with E-state index in [-0.39, 0.29) is 0 Å². The van der Waals surface area contributed by atoms with Crippen LogP contribution < -0.4 is 15.2 Å². The number of aryl methyl sites for hydroxylation is 1. The van der Waals surface area contributed by atoms with Crippen LogP contribution in [0.4, 0.5) is 5.82 Å². The summed E-state index contributed by atoms with van der Waals surface area (Å²) in [6.07, 6.45) is 1.72. The summed E-state index contributed by atoms with van der Waals surface area (Å²) in [5, 5.41) is 0. The molecule has 1 aromatic carbocycles. The van der Waals surface area contributed by atoms with Crippen molar-refractivity contribution in [2.24, 2.45) is 0 Å². The summed E-state index contributed by atoms with van der Waals surface area (Å²) in [6.45, 7) is 5.35. The third-order valence-corrected chi connectivity index (χ3v) is 3.61. The summed E-state index contributed by atoms with van der Waals surface area (Å²) < 4.78 is 11.3. The number of ether oxygens (including phenoxy) is 2. The Morgan fingerprint density at radius 2 is 1.90 bits per heavy atom. The highest BCUT2D eigenvalue weighted by Crippen LogP contribution is 2.33. The number of nitrogens with zero attached hydrogens (tertiary/aromatic N) is 2. The molecule has 21 heavy (non-hydrogen) atoms. The van der Waals surface area contributed by atoms with E-state index in [4.69, 9.17) is 15.2 Å². The van der Waals surface area contributed by atoms with Gasteiger partial charge in [0, 0.05) is 23.2 Å². The molecule has 0 amide bonds. The predicted molar refractivity (Wildman–Crippen MR) is 81.6 cm³/mol. The van der Waals surface area contributed by atoms with Gasteiger partial charge in [0.2, 0.25) is 0 Å². The second-order valence-electron chi connectivity index (χ2n) is 5.06. The second-order valence-corrected chi connectivity index (χ2v) is 5.06. The van der Waals surface area contributed by atoms with E-state index in [1.54, 1.807) is 0 Å². The zero-order valence-electron chi connectivity index (χ0n) is 12.3. The van der Waals surface area contributed by atoms with Gasteiger partial charge in [-0.2, -0.15) is 0 Å². The summed E-state index contributed by atoms with van der Waals surface area (Å²) in [7, 11) is 0. The van der Waals surface area contributed by atoms with E-state index in [9.17, 15) is 0 Å². The highest BCUT2D eigenvalue weighted by atomic mass is 16.5. The molecule has 1 aliphatic rings. The molecule has 3 rings (SSSR count). The largest absolute Gasteiger partial charge is 0.490 e. The van der Waals surface area contributed by atoms with Gasteiger partial charge >= 0.3 is 0 Å². The second kappa shape index (κ2) is 5.60. The van der Waals surface area contributed by atoms with Crippen LogP contribution in [0.15, 0.2) is 18.2 Å². The van der Waals surface area contributed by atoms with Gasteiger partial charge in [0.05, 0.1) is 13.2 Å². The van der Waals surface area contributed by atoms with E-state index in [0.717, 1.165) is 41.2 Å². The van der Waals surface area contributed by atoms with Crippen molar-refractivity contribution >= 4 is 5.82 Å². The number of fused-ring (bicyclic) bond motifs is 1. The van der Waals surface area contributed by atoms with Gasteiger partial charge in [-0.3, -0.25) is 0 Å². The lowest BCUT2D eigenvalue weighted by atomic mass is 10.1. The number of nitrogen functional groups attached to an aromatic ring is 1. The van der Waals surface area contributed by atoms with Crippen LogP contribution in [-0.2, 0) is 6.42 Å². The van der Waals surface area contributed by atoms with Crippen molar-refractivity contribution in [3.63, 3.8) is 0 Å². The Hall–Kier alpha value is -2.30. The molecule has 0 radical (unpaired) electrons. The van der Waals surface area contributed by atoms with E-state index in [1.165, 1.54) is 0 Å². The topological polar surface area (TPSA) is 70.3 Å². The van der Waals surface area contributed by atoms with Crippen LogP contribution in [0.1, 0.15) is 24.6 Å². The lowest BCUT2D eigenvalue weighted by Crippen LogP contribution is -2.04. The fourth-order valence-electron chi connectivity index (χ4n) is 2.49. The first-order chi connectivity index (χ1) is 10.2. The monoisotopic (exact) mass is 285 g/mol. The van der Waals surface area contributed by atoms with Crippen LogP contribution in [0.5, 0.6) is 11.5 Å². The van der Waals surface area contributed by atoms with Crippen molar-refractivity contribution in [3.05, 3.63) is 29.5 Å². The van der Waals surface area contributed by atoms with Crippen LogP contribution in [0.2, 0.25) is 0 Å². The van der Waals surface area contributed by atoms with Crippen LogP contribution in [0.3, 0.4) is 0 Å². The van der Waals surface area contributed by atoms with Crippen molar-refractivity contribution in [1.82, 2.24) is 9.97 Å². The molecule has 110 valence electrons. The molecule has 2 heterocycles. The minimum Gasteiger partial charge on any atom is -0.490 e. The van der Waals surface area contributed by atoms with E-state index in [1.807, 2.05) is 25.1 Å². The fraction of sp³-hybridized carbons (Fsp3) is 0.375. The quantitative estimate of drug-likeness (QED) is 0.918. The first-order valence-corrected chi connectivity index (χ1v) is 7.22. The zero-order valence-corrected chi connectivity index (χ0v) is 12.3. The van der Waals surface area contributed by atoms with Crippen molar-refractivity contribution in [2.75, 3.05) is 18.9 Å². The fourth-order valence-corrected chi connectivity index (χ4v) is 2.49. The number of benzene rings is 1. The maximum atomic E-state index is 6.03. The Morgan fingerprint density at radius 3 is 2.62 bits per heavy atom. The molecule has 2 N–H and O–H groups in total. The van der Waals surface area contributed by atoms with E-state index < -0.39 is 0 Å². The number of hydrogen-bond acceptors (Lipinski definition) is 5. The van der Waals surface area contributed by atoms with Gasteiger partial charge in [-0.1, -0.05) is 6.92 Å². The summed E-state index contributed by atoms with van der Waals surface area (Å²) >= 11 is 0. The first kappa shape index (κ1) is 13.7. The molecular weight excluding hydrogens is 266 g/mol. The summed E-state index contributed by atoms with van der Waals surface area (Å²) in [5.41, 5.74) is 8.84. The molecule has 5 heteroatoms. The minimum atomic E-state index is 0.548. The number of anilines is 1. The Morgan fingerprint density at radius 1 is 1.14 bits per heavy atom. The third kappa shape index (κ3) is 2.63. The van der Waals surface area contributed by atoms with Gasteiger partial charge in [0.1, 0.15) is 5.82 Å². The molecule has 1 aromatic heterocycles. The molecule has 0 saturated heterocycles. The van der Waals surface area contributed by atoms with E-state index >= 15 is 0 Å². The van der Waals surface area contributed by atoms with Crippen molar-refractivity contribution in [3.8, 4) is 22.9 Å². The molecule has 0 aliphatic carbocycles. The summed E-state index contributed by atoms with van der Waals surface area (Å²) in [6, 6.07) is 5.76. The maximum absolute atomic E-state index is 6.03. The van der Waals surface area contributed by atoms with Crippen LogP contribution in [0, 0.1) is 6.92 Å². The van der Waals surface area contributed by atoms with Crippen LogP contribution in [-0.4, -0.2) is 23.2 Å². The summed E-state index contributed by atoms with van der Waals surface area (Å²) in [4.78, 5) is 8.98. The summed E-state index contributed by atoms with van der Waals surface area (Å²) in [5.74, 6) is 2.68. The number of rotatable bonds is 2.